The van der Waals surface area contributed by atoms with Crippen molar-refractivity contribution in [3.63, 3.8) is 0 Å². The number of carbonyl (C=O) groups is 1. The summed E-state index contributed by atoms with van der Waals surface area (Å²) >= 11 is 0. The van der Waals surface area contributed by atoms with Gasteiger partial charge in [-0.25, -0.2) is 8.78 Å². The largest absolute Gasteiger partial charge is 0.377 e. The molecule has 21 heavy (non-hydrogen) atoms. The molecule has 0 aliphatic heterocycles. The highest BCUT2D eigenvalue weighted by atomic mass is 19.1. The summed E-state index contributed by atoms with van der Waals surface area (Å²) in [6.07, 6.45) is 2.58. The highest BCUT2D eigenvalue weighted by molar-refractivity contribution is 5.94. The predicted octanol–water partition coefficient (Wildman–Crippen LogP) is 2.28. The number of carbonyl (C=O) groups excluding carboxylic acids is 1. The van der Waals surface area contributed by atoms with Gasteiger partial charge in [0.25, 0.3) is 5.91 Å². The molecule has 0 spiro atoms. The van der Waals surface area contributed by atoms with Crippen LogP contribution in [0.2, 0.25) is 0 Å². The van der Waals surface area contributed by atoms with Crippen LogP contribution in [-0.4, -0.2) is 15.7 Å². The quantitative estimate of drug-likeness (QED) is 0.858. The topological polar surface area (TPSA) is 72.9 Å². The first kappa shape index (κ1) is 15.0. The molecule has 1 aromatic carbocycles. The first-order chi connectivity index (χ1) is 10.0. The Morgan fingerprint density at radius 3 is 2.81 bits per heavy atom. The van der Waals surface area contributed by atoms with Crippen LogP contribution in [0.5, 0.6) is 0 Å². The van der Waals surface area contributed by atoms with Gasteiger partial charge in [-0.2, -0.15) is 5.10 Å². The minimum Gasteiger partial charge on any atom is -0.377 e. The lowest BCUT2D eigenvalue weighted by molar-refractivity contribution is 0.0996. The third kappa shape index (κ3) is 3.36. The Morgan fingerprint density at radius 2 is 2.14 bits per heavy atom. The number of anilines is 1. The van der Waals surface area contributed by atoms with Crippen molar-refractivity contribution in [3.05, 3.63) is 47.3 Å². The number of hydrogen-bond donors (Lipinski definition) is 2. The van der Waals surface area contributed by atoms with E-state index in [0.29, 0.717) is 12.6 Å². The van der Waals surface area contributed by atoms with Crippen molar-refractivity contribution in [1.29, 1.82) is 0 Å². The molecule has 0 aliphatic carbocycles. The smallest absolute Gasteiger partial charge is 0.251 e. The SMILES string of the molecule is CCCn1nccc1CNc1cc(C(N)=O)c(F)cc1F. The number of aromatic nitrogens is 2. The Kier molecular flexibility index (Phi) is 4.52. The molecular formula is C14H16F2N4O. The molecule has 7 heteroatoms. The number of halogens is 2. The lowest BCUT2D eigenvalue weighted by atomic mass is 10.1. The average molecular weight is 294 g/mol. The van der Waals surface area contributed by atoms with Gasteiger partial charge in [0.2, 0.25) is 0 Å². The molecule has 0 saturated heterocycles. The highest BCUT2D eigenvalue weighted by Crippen LogP contribution is 2.20. The second-order valence-electron chi connectivity index (χ2n) is 4.58. The fourth-order valence-corrected chi connectivity index (χ4v) is 1.98. The van der Waals surface area contributed by atoms with E-state index in [0.717, 1.165) is 24.7 Å². The van der Waals surface area contributed by atoms with Crippen molar-refractivity contribution in [3.8, 4) is 0 Å². The molecule has 112 valence electrons. The van der Waals surface area contributed by atoms with Crippen molar-refractivity contribution in [2.45, 2.75) is 26.4 Å². The highest BCUT2D eigenvalue weighted by Gasteiger charge is 2.14. The number of hydrogen-bond acceptors (Lipinski definition) is 3. The van der Waals surface area contributed by atoms with E-state index >= 15 is 0 Å². The number of primary amides is 1. The Bertz CT molecular complexity index is 654. The lowest BCUT2D eigenvalue weighted by Crippen LogP contribution is -2.15. The van der Waals surface area contributed by atoms with Gasteiger partial charge in [-0.15, -0.1) is 0 Å². The monoisotopic (exact) mass is 294 g/mol. The van der Waals surface area contributed by atoms with Crippen LogP contribution < -0.4 is 11.1 Å². The van der Waals surface area contributed by atoms with Crippen molar-refractivity contribution in [1.82, 2.24) is 9.78 Å². The molecule has 0 atom stereocenters. The molecule has 3 N–H and O–H groups in total. The van der Waals surface area contributed by atoms with Crippen LogP contribution in [0.3, 0.4) is 0 Å². The van der Waals surface area contributed by atoms with Crippen LogP contribution in [0.15, 0.2) is 24.4 Å². The molecule has 5 nitrogen and oxygen atoms in total. The van der Waals surface area contributed by atoms with E-state index < -0.39 is 17.5 Å². The summed E-state index contributed by atoms with van der Waals surface area (Å²) < 4.78 is 28.9. The van der Waals surface area contributed by atoms with Gasteiger partial charge in [0.1, 0.15) is 11.6 Å². The zero-order valence-electron chi connectivity index (χ0n) is 11.6. The number of nitrogens with zero attached hydrogens (tertiary/aromatic N) is 2. The van der Waals surface area contributed by atoms with Crippen LogP contribution in [0.1, 0.15) is 29.4 Å². The van der Waals surface area contributed by atoms with Crippen LogP contribution >= 0.6 is 0 Å². The minimum atomic E-state index is -0.971. The number of benzene rings is 1. The predicted molar refractivity (Wildman–Crippen MR) is 74.7 cm³/mol. The van der Waals surface area contributed by atoms with Crippen molar-refractivity contribution in [2.75, 3.05) is 5.32 Å². The number of rotatable bonds is 6. The Balaban J connectivity index is 2.18. The van der Waals surface area contributed by atoms with E-state index in [9.17, 15) is 13.6 Å². The number of nitrogens with two attached hydrogens (primary N) is 1. The molecular weight excluding hydrogens is 278 g/mol. The summed E-state index contributed by atoms with van der Waals surface area (Å²) in [5, 5.41) is 6.98. The summed E-state index contributed by atoms with van der Waals surface area (Å²) in [5.41, 5.74) is 5.58. The lowest BCUT2D eigenvalue weighted by Gasteiger charge is -2.11. The number of amides is 1. The summed E-state index contributed by atoms with van der Waals surface area (Å²) in [7, 11) is 0. The van der Waals surface area contributed by atoms with Crippen LogP contribution in [0.25, 0.3) is 0 Å². The first-order valence-electron chi connectivity index (χ1n) is 6.56. The Hall–Kier alpha value is -2.44. The number of aryl methyl sites for hydroxylation is 1. The van der Waals surface area contributed by atoms with Crippen LogP contribution in [0, 0.1) is 11.6 Å². The van der Waals surface area contributed by atoms with Gasteiger partial charge in [-0.3, -0.25) is 9.48 Å². The second-order valence-corrected chi connectivity index (χ2v) is 4.58. The van der Waals surface area contributed by atoms with E-state index in [1.165, 1.54) is 0 Å². The molecule has 2 rings (SSSR count). The molecule has 0 fully saturated rings. The Morgan fingerprint density at radius 1 is 1.38 bits per heavy atom. The molecule has 0 radical (unpaired) electrons. The fourth-order valence-electron chi connectivity index (χ4n) is 1.98. The molecule has 0 bridgehead atoms. The molecule has 1 aromatic heterocycles. The van der Waals surface area contributed by atoms with Crippen molar-refractivity contribution < 1.29 is 13.6 Å². The zero-order chi connectivity index (χ0) is 15.4. The van der Waals surface area contributed by atoms with Gasteiger partial charge in [0.05, 0.1) is 23.5 Å². The van der Waals surface area contributed by atoms with Crippen molar-refractivity contribution >= 4 is 11.6 Å². The second kappa shape index (κ2) is 6.34. The van der Waals surface area contributed by atoms with Crippen LogP contribution in [0.4, 0.5) is 14.5 Å². The van der Waals surface area contributed by atoms with E-state index in [-0.39, 0.29) is 11.3 Å². The first-order valence-corrected chi connectivity index (χ1v) is 6.56. The molecule has 0 aliphatic rings. The molecule has 0 saturated carbocycles. The third-order valence-corrected chi connectivity index (χ3v) is 3.02. The van der Waals surface area contributed by atoms with Gasteiger partial charge in [0.15, 0.2) is 0 Å². The van der Waals surface area contributed by atoms with Crippen molar-refractivity contribution in [2.24, 2.45) is 5.73 Å². The van der Waals surface area contributed by atoms with Gasteiger partial charge in [-0.1, -0.05) is 6.92 Å². The van der Waals surface area contributed by atoms with Gasteiger partial charge >= 0.3 is 0 Å². The zero-order valence-corrected chi connectivity index (χ0v) is 11.6. The van der Waals surface area contributed by atoms with E-state index in [2.05, 4.69) is 10.4 Å². The fraction of sp³-hybridized carbons (Fsp3) is 0.286. The summed E-state index contributed by atoms with van der Waals surface area (Å²) in [4.78, 5) is 11.1. The average Bonchev–Trinajstić information content (AvgIpc) is 2.85. The van der Waals surface area contributed by atoms with E-state index in [4.69, 9.17) is 5.73 Å². The van der Waals surface area contributed by atoms with Gasteiger partial charge < -0.3 is 11.1 Å². The van der Waals surface area contributed by atoms with Gasteiger partial charge in [-0.05, 0) is 18.6 Å². The van der Waals surface area contributed by atoms with Crippen LogP contribution in [-0.2, 0) is 13.1 Å². The minimum absolute atomic E-state index is 0.0226. The van der Waals surface area contributed by atoms with Gasteiger partial charge in [0, 0.05) is 18.8 Å². The normalized spacial score (nSPS) is 10.6. The maximum absolute atomic E-state index is 13.7. The Labute approximate surface area is 120 Å². The third-order valence-electron chi connectivity index (χ3n) is 3.02. The molecule has 2 aromatic rings. The molecule has 0 unspecified atom stereocenters. The standard InChI is InChI=1S/C14H16F2N4O/c1-2-5-20-9(3-4-19-20)8-18-13-6-10(14(17)21)11(15)7-12(13)16/h3-4,6-7,18H,2,5,8H2,1H3,(H2,17,21). The maximum Gasteiger partial charge on any atom is 0.251 e. The van der Waals surface area contributed by atoms with E-state index in [1.807, 2.05) is 6.92 Å². The summed E-state index contributed by atoms with van der Waals surface area (Å²) in [6, 6.07) is 3.53. The maximum atomic E-state index is 13.7. The molecule has 1 heterocycles. The van der Waals surface area contributed by atoms with E-state index in [1.54, 1.807) is 16.9 Å². The summed E-state index contributed by atoms with van der Waals surface area (Å²) in [5.74, 6) is -2.69. The summed E-state index contributed by atoms with van der Waals surface area (Å²) in [6.45, 7) is 3.08. The molecule has 1 amide bonds. The number of nitrogens with one attached hydrogen (secondary N) is 1.